The zero-order valence-corrected chi connectivity index (χ0v) is 14.3. The molecule has 3 rings (SSSR count). The minimum Gasteiger partial charge on any atom is -0.489 e. The molecule has 0 aliphatic rings. The largest absolute Gasteiger partial charge is 0.489 e. The molecular weight excluding hydrogens is 329 g/mol. The van der Waals surface area contributed by atoms with Crippen LogP contribution in [-0.4, -0.2) is 6.41 Å². The third-order valence-corrected chi connectivity index (χ3v) is 4.15. The molecule has 3 nitrogen and oxygen atoms in total. The van der Waals surface area contributed by atoms with Crippen LogP contribution in [0.3, 0.4) is 0 Å². The fourth-order valence-electron chi connectivity index (χ4n) is 2.75. The van der Waals surface area contributed by atoms with Crippen LogP contribution in [0.2, 0.25) is 0 Å². The second-order valence-corrected chi connectivity index (χ2v) is 6.01. The van der Waals surface area contributed by atoms with E-state index in [0.717, 1.165) is 22.4 Å². The normalized spacial score (nSPS) is 11.6. The summed E-state index contributed by atoms with van der Waals surface area (Å²) in [6.07, 6.45) is 1.28. The lowest BCUT2D eigenvalue weighted by atomic mass is 9.99. The van der Waals surface area contributed by atoms with Crippen molar-refractivity contribution < 1.29 is 13.9 Å². The van der Waals surface area contributed by atoms with E-state index in [1.165, 1.54) is 12.1 Å². The number of hydrogen-bond acceptors (Lipinski definition) is 2. The van der Waals surface area contributed by atoms with Gasteiger partial charge in [-0.1, -0.05) is 54.6 Å². The molecule has 0 radical (unpaired) electrons. The zero-order valence-electron chi connectivity index (χ0n) is 14.3. The molecule has 1 N–H and O–H groups in total. The number of rotatable bonds is 8. The van der Waals surface area contributed by atoms with Gasteiger partial charge in [0.2, 0.25) is 6.41 Å². The Balaban J connectivity index is 1.65. The molecule has 0 aliphatic heterocycles. The number of nitrogens with one attached hydrogen (secondary N) is 1. The van der Waals surface area contributed by atoms with Crippen LogP contribution in [0.5, 0.6) is 5.75 Å². The number of benzene rings is 3. The van der Waals surface area contributed by atoms with E-state index in [9.17, 15) is 9.18 Å². The van der Waals surface area contributed by atoms with E-state index in [1.54, 1.807) is 12.1 Å². The van der Waals surface area contributed by atoms with E-state index in [0.29, 0.717) is 19.4 Å². The molecule has 1 unspecified atom stereocenters. The van der Waals surface area contributed by atoms with Crippen LogP contribution in [0.4, 0.5) is 4.39 Å². The molecule has 4 heteroatoms. The van der Waals surface area contributed by atoms with E-state index in [2.05, 4.69) is 5.32 Å². The minimum absolute atomic E-state index is 0.180. The fraction of sp³-hybridized carbons (Fsp3) is 0.136. The van der Waals surface area contributed by atoms with Gasteiger partial charge in [0.1, 0.15) is 18.2 Å². The fourth-order valence-corrected chi connectivity index (χ4v) is 2.75. The summed E-state index contributed by atoms with van der Waals surface area (Å²) in [5.41, 5.74) is 3.03. The Morgan fingerprint density at radius 3 is 2.23 bits per heavy atom. The molecule has 0 saturated carbocycles. The molecular formula is C22H20FNO2. The van der Waals surface area contributed by atoms with E-state index >= 15 is 0 Å². The molecule has 1 atom stereocenters. The first-order valence-electron chi connectivity index (χ1n) is 8.45. The summed E-state index contributed by atoms with van der Waals surface area (Å²) in [5.74, 6) is 0.498. The highest BCUT2D eigenvalue weighted by Gasteiger charge is 2.12. The monoisotopic (exact) mass is 349 g/mol. The topological polar surface area (TPSA) is 38.3 Å². The van der Waals surface area contributed by atoms with Gasteiger partial charge >= 0.3 is 0 Å². The van der Waals surface area contributed by atoms with E-state index in [1.807, 2.05) is 54.6 Å². The van der Waals surface area contributed by atoms with Crippen LogP contribution >= 0.6 is 0 Å². The smallest absolute Gasteiger partial charge is 0.207 e. The lowest BCUT2D eigenvalue weighted by Crippen LogP contribution is -2.21. The van der Waals surface area contributed by atoms with Gasteiger partial charge in [-0.3, -0.25) is 4.79 Å². The first kappa shape index (κ1) is 17.7. The first-order valence-corrected chi connectivity index (χ1v) is 8.45. The number of ether oxygens (including phenoxy) is 1. The summed E-state index contributed by atoms with van der Waals surface area (Å²) in [7, 11) is 0. The van der Waals surface area contributed by atoms with Crippen molar-refractivity contribution in [2.45, 2.75) is 19.1 Å². The van der Waals surface area contributed by atoms with Gasteiger partial charge in [-0.05, 0) is 47.4 Å². The second-order valence-electron chi connectivity index (χ2n) is 6.01. The summed E-state index contributed by atoms with van der Waals surface area (Å²) in [6.45, 7) is 0.506. The summed E-state index contributed by atoms with van der Waals surface area (Å²) in [4.78, 5) is 11.0. The Kier molecular flexibility index (Phi) is 5.99. The van der Waals surface area contributed by atoms with Gasteiger partial charge in [0.25, 0.3) is 0 Å². The Hall–Kier alpha value is -3.14. The molecule has 0 saturated heterocycles. The average molecular weight is 349 g/mol. The SMILES string of the molecule is O=CNC(Cc1ccc(F)cc1)c1ccc(OCc2ccccc2)cc1. The molecule has 0 fully saturated rings. The third kappa shape index (κ3) is 4.93. The first-order chi connectivity index (χ1) is 12.7. The van der Waals surface area contributed by atoms with Crippen LogP contribution in [0.1, 0.15) is 22.7 Å². The number of hydrogen-bond donors (Lipinski definition) is 1. The summed E-state index contributed by atoms with van der Waals surface area (Å²) in [5, 5.41) is 2.82. The van der Waals surface area contributed by atoms with Crippen molar-refractivity contribution >= 4 is 6.41 Å². The number of carbonyl (C=O) groups is 1. The minimum atomic E-state index is -0.270. The molecule has 0 heterocycles. The molecule has 132 valence electrons. The summed E-state index contributed by atoms with van der Waals surface area (Å²) < 4.78 is 18.8. The van der Waals surface area contributed by atoms with Crippen molar-refractivity contribution in [3.8, 4) is 5.75 Å². The van der Waals surface area contributed by atoms with Gasteiger partial charge < -0.3 is 10.1 Å². The highest BCUT2D eigenvalue weighted by Crippen LogP contribution is 2.22. The van der Waals surface area contributed by atoms with E-state index in [-0.39, 0.29) is 11.9 Å². The predicted octanol–water partition coefficient (Wildman–Crippen LogP) is 4.43. The lowest BCUT2D eigenvalue weighted by Gasteiger charge is -2.17. The van der Waals surface area contributed by atoms with Crippen LogP contribution < -0.4 is 10.1 Å². The molecule has 3 aromatic rings. The van der Waals surface area contributed by atoms with Crippen molar-refractivity contribution in [2.24, 2.45) is 0 Å². The van der Waals surface area contributed by atoms with Gasteiger partial charge in [0.15, 0.2) is 0 Å². The van der Waals surface area contributed by atoms with Gasteiger partial charge in [0.05, 0.1) is 6.04 Å². The van der Waals surface area contributed by atoms with Crippen molar-refractivity contribution in [3.63, 3.8) is 0 Å². The van der Waals surface area contributed by atoms with Crippen molar-refractivity contribution in [3.05, 3.63) is 101 Å². The van der Waals surface area contributed by atoms with Crippen molar-refractivity contribution in [2.75, 3.05) is 0 Å². The number of carbonyl (C=O) groups excluding carboxylic acids is 1. The molecule has 0 spiro atoms. The Morgan fingerprint density at radius 1 is 0.885 bits per heavy atom. The standard InChI is InChI=1S/C22H20FNO2/c23-20-10-6-17(7-11-20)14-22(24-16-25)19-8-12-21(13-9-19)26-15-18-4-2-1-3-5-18/h1-13,16,22H,14-15H2,(H,24,25). The van der Waals surface area contributed by atoms with Gasteiger partial charge in [0, 0.05) is 0 Å². The summed E-state index contributed by atoms with van der Waals surface area (Å²) >= 11 is 0. The molecule has 0 bridgehead atoms. The van der Waals surface area contributed by atoms with E-state index < -0.39 is 0 Å². The predicted molar refractivity (Wildman–Crippen MR) is 99.3 cm³/mol. The second kappa shape index (κ2) is 8.81. The zero-order chi connectivity index (χ0) is 18.2. The third-order valence-electron chi connectivity index (χ3n) is 4.15. The lowest BCUT2D eigenvalue weighted by molar-refractivity contribution is -0.110. The van der Waals surface area contributed by atoms with Crippen molar-refractivity contribution in [1.29, 1.82) is 0 Å². The Morgan fingerprint density at radius 2 is 1.58 bits per heavy atom. The van der Waals surface area contributed by atoms with Crippen LogP contribution in [0, 0.1) is 5.82 Å². The molecule has 0 aromatic heterocycles. The van der Waals surface area contributed by atoms with Gasteiger partial charge in [-0.2, -0.15) is 0 Å². The van der Waals surface area contributed by atoms with Gasteiger partial charge in [-0.15, -0.1) is 0 Å². The quantitative estimate of drug-likeness (QED) is 0.611. The number of halogens is 1. The molecule has 26 heavy (non-hydrogen) atoms. The highest BCUT2D eigenvalue weighted by atomic mass is 19.1. The van der Waals surface area contributed by atoms with Crippen LogP contribution in [0.15, 0.2) is 78.9 Å². The maximum absolute atomic E-state index is 13.0. The number of amides is 1. The summed E-state index contributed by atoms with van der Waals surface area (Å²) in [6, 6.07) is 23.7. The molecule has 1 amide bonds. The van der Waals surface area contributed by atoms with E-state index in [4.69, 9.17) is 4.74 Å². The Bertz CT molecular complexity index is 817. The average Bonchev–Trinajstić information content (AvgIpc) is 2.69. The van der Waals surface area contributed by atoms with Crippen LogP contribution in [0.25, 0.3) is 0 Å². The maximum atomic E-state index is 13.0. The maximum Gasteiger partial charge on any atom is 0.207 e. The Labute approximate surface area is 152 Å². The molecule has 3 aromatic carbocycles. The van der Waals surface area contributed by atoms with Crippen molar-refractivity contribution in [1.82, 2.24) is 5.32 Å². The van der Waals surface area contributed by atoms with Gasteiger partial charge in [-0.25, -0.2) is 4.39 Å². The molecule has 0 aliphatic carbocycles. The highest BCUT2D eigenvalue weighted by molar-refractivity contribution is 5.48. The van der Waals surface area contributed by atoms with Crippen LogP contribution in [-0.2, 0) is 17.8 Å².